The highest BCUT2D eigenvalue weighted by molar-refractivity contribution is 5.48. The molecule has 1 atom stereocenters. The van der Waals surface area contributed by atoms with Crippen LogP contribution in [0.4, 0.5) is 0 Å². The second-order valence-corrected chi connectivity index (χ2v) is 7.00. The van der Waals surface area contributed by atoms with E-state index in [9.17, 15) is 4.79 Å². The first-order chi connectivity index (χ1) is 8.11. The van der Waals surface area contributed by atoms with Gasteiger partial charge in [-0.2, -0.15) is 0 Å². The van der Waals surface area contributed by atoms with E-state index in [0.29, 0.717) is 6.54 Å². The predicted octanol–water partition coefficient (Wildman–Crippen LogP) is 1.67. The van der Waals surface area contributed by atoms with Crippen LogP contribution < -0.4 is 11.1 Å². The molecule has 3 N–H and O–H groups in total. The quantitative estimate of drug-likeness (QED) is 0.729. The molecule has 4 saturated carbocycles. The third-order valence-corrected chi connectivity index (χ3v) is 5.99. The number of rotatable bonds is 4. The van der Waals surface area contributed by atoms with Crippen molar-refractivity contribution in [1.29, 1.82) is 0 Å². The van der Waals surface area contributed by atoms with Crippen LogP contribution >= 0.6 is 0 Å². The second-order valence-electron chi connectivity index (χ2n) is 7.00. The number of carbonyl (C=O) groups excluding carboxylic acids is 1. The molecule has 0 aliphatic heterocycles. The minimum absolute atomic E-state index is 0.190. The normalized spacial score (nSPS) is 46.6. The molecule has 1 amide bonds. The van der Waals surface area contributed by atoms with E-state index in [4.69, 9.17) is 5.73 Å². The van der Waals surface area contributed by atoms with Crippen molar-refractivity contribution in [2.45, 2.75) is 51.0 Å². The van der Waals surface area contributed by atoms with Gasteiger partial charge in [0.25, 0.3) is 0 Å². The minimum atomic E-state index is -0.190. The van der Waals surface area contributed by atoms with Crippen LogP contribution in [0.2, 0.25) is 0 Å². The van der Waals surface area contributed by atoms with Gasteiger partial charge in [0.1, 0.15) is 0 Å². The summed E-state index contributed by atoms with van der Waals surface area (Å²) in [5.41, 5.74) is 6.09. The Labute approximate surface area is 104 Å². The summed E-state index contributed by atoms with van der Waals surface area (Å²) >= 11 is 0. The summed E-state index contributed by atoms with van der Waals surface area (Å²) in [4.78, 5) is 10.9. The fraction of sp³-hybridized carbons (Fsp3) is 0.929. The summed E-state index contributed by atoms with van der Waals surface area (Å²) in [5, 5.41) is 3.06. The highest BCUT2D eigenvalue weighted by Gasteiger charge is 2.58. The lowest BCUT2D eigenvalue weighted by Crippen LogP contribution is -2.65. The molecular formula is C14H24N2O. The van der Waals surface area contributed by atoms with Crippen molar-refractivity contribution in [3.63, 3.8) is 0 Å². The molecule has 96 valence electrons. The van der Waals surface area contributed by atoms with Gasteiger partial charge in [0.05, 0.1) is 5.54 Å². The molecule has 0 spiro atoms. The van der Waals surface area contributed by atoms with E-state index in [1.54, 1.807) is 0 Å². The monoisotopic (exact) mass is 236 g/mol. The van der Waals surface area contributed by atoms with Crippen molar-refractivity contribution >= 4 is 6.41 Å². The van der Waals surface area contributed by atoms with Gasteiger partial charge in [0.2, 0.25) is 6.41 Å². The number of nitrogens with two attached hydrogens (primary N) is 1. The van der Waals surface area contributed by atoms with Crippen molar-refractivity contribution in [2.75, 3.05) is 6.54 Å². The minimum Gasteiger partial charge on any atom is -0.352 e. The Hall–Kier alpha value is -0.570. The van der Waals surface area contributed by atoms with E-state index in [1.165, 1.54) is 38.5 Å². The van der Waals surface area contributed by atoms with Crippen LogP contribution in [0.5, 0.6) is 0 Å². The van der Waals surface area contributed by atoms with E-state index in [-0.39, 0.29) is 11.0 Å². The third-order valence-electron chi connectivity index (χ3n) is 5.99. The summed E-state index contributed by atoms with van der Waals surface area (Å²) in [7, 11) is 0. The molecule has 17 heavy (non-hydrogen) atoms. The van der Waals surface area contributed by atoms with E-state index in [1.807, 2.05) is 0 Å². The molecule has 3 heteroatoms. The van der Waals surface area contributed by atoms with Crippen LogP contribution in [-0.4, -0.2) is 18.5 Å². The first-order valence-electron chi connectivity index (χ1n) is 7.02. The molecule has 4 bridgehead atoms. The van der Waals surface area contributed by atoms with Gasteiger partial charge in [-0.3, -0.25) is 4.79 Å². The fourth-order valence-electron chi connectivity index (χ4n) is 5.35. The lowest BCUT2D eigenvalue weighted by molar-refractivity contribution is -0.123. The summed E-state index contributed by atoms with van der Waals surface area (Å²) in [5.74, 6) is 2.71. The van der Waals surface area contributed by atoms with Gasteiger partial charge in [-0.25, -0.2) is 0 Å². The first-order valence-corrected chi connectivity index (χ1v) is 7.02. The van der Waals surface area contributed by atoms with Crippen molar-refractivity contribution in [3.05, 3.63) is 0 Å². The molecule has 4 aliphatic rings. The number of amides is 1. The Bertz CT molecular complexity index is 293. The number of carbonyl (C=O) groups is 1. The maximum absolute atomic E-state index is 10.9. The Balaban J connectivity index is 1.92. The molecule has 4 rings (SSSR count). The van der Waals surface area contributed by atoms with Crippen LogP contribution in [-0.2, 0) is 4.79 Å². The Morgan fingerprint density at radius 1 is 1.24 bits per heavy atom. The molecule has 4 fully saturated rings. The van der Waals surface area contributed by atoms with Gasteiger partial charge in [-0.15, -0.1) is 0 Å². The Morgan fingerprint density at radius 3 is 2.06 bits per heavy atom. The average molecular weight is 236 g/mol. The second kappa shape index (κ2) is 3.71. The standard InChI is InChI=1S/C14H24N2O/c1-13(8-15,16-9-17)14-5-10-2-11(6-14)4-12(3-10)7-14/h9-12H,2-8,15H2,1H3,(H,16,17). The molecule has 0 heterocycles. The van der Waals surface area contributed by atoms with Gasteiger partial charge in [-0.1, -0.05) is 0 Å². The van der Waals surface area contributed by atoms with E-state index >= 15 is 0 Å². The summed E-state index contributed by atoms with van der Waals surface area (Å²) in [6, 6.07) is 0. The van der Waals surface area contributed by atoms with E-state index < -0.39 is 0 Å². The Morgan fingerprint density at radius 2 is 1.71 bits per heavy atom. The summed E-state index contributed by atoms with van der Waals surface area (Å²) in [6.07, 6.45) is 9.00. The highest BCUT2D eigenvalue weighted by atomic mass is 16.1. The molecule has 0 aromatic carbocycles. The van der Waals surface area contributed by atoms with Gasteiger partial charge >= 0.3 is 0 Å². The maximum Gasteiger partial charge on any atom is 0.207 e. The van der Waals surface area contributed by atoms with Crippen LogP contribution in [0.3, 0.4) is 0 Å². The van der Waals surface area contributed by atoms with E-state index in [0.717, 1.165) is 24.2 Å². The van der Waals surface area contributed by atoms with Crippen LogP contribution in [0.15, 0.2) is 0 Å². The predicted molar refractivity (Wildman–Crippen MR) is 67.3 cm³/mol. The lowest BCUT2D eigenvalue weighted by atomic mass is 9.45. The Kier molecular flexibility index (Phi) is 2.51. The molecule has 1 unspecified atom stereocenters. The fourth-order valence-corrected chi connectivity index (χ4v) is 5.35. The molecule has 0 aromatic rings. The summed E-state index contributed by atoms with van der Waals surface area (Å²) < 4.78 is 0. The van der Waals surface area contributed by atoms with Crippen molar-refractivity contribution < 1.29 is 4.79 Å². The number of nitrogens with one attached hydrogen (secondary N) is 1. The zero-order valence-corrected chi connectivity index (χ0v) is 10.7. The van der Waals surface area contributed by atoms with Gasteiger partial charge in [0, 0.05) is 6.54 Å². The van der Waals surface area contributed by atoms with Gasteiger partial charge < -0.3 is 11.1 Å². The largest absolute Gasteiger partial charge is 0.352 e. The molecular weight excluding hydrogens is 212 g/mol. The first kappa shape index (κ1) is 11.5. The zero-order chi connectivity index (χ0) is 12.1. The van der Waals surface area contributed by atoms with Crippen LogP contribution in [0, 0.1) is 23.2 Å². The smallest absolute Gasteiger partial charge is 0.207 e. The topological polar surface area (TPSA) is 55.1 Å². The number of hydrogen-bond donors (Lipinski definition) is 2. The average Bonchev–Trinajstić information content (AvgIpc) is 2.27. The van der Waals surface area contributed by atoms with Crippen molar-refractivity contribution in [2.24, 2.45) is 28.9 Å². The SMILES string of the molecule is CC(CN)(NC=O)C12CC3CC(CC(C3)C1)C2. The molecule has 0 radical (unpaired) electrons. The van der Waals surface area contributed by atoms with Crippen molar-refractivity contribution in [3.8, 4) is 0 Å². The van der Waals surface area contributed by atoms with E-state index in [2.05, 4.69) is 12.2 Å². The van der Waals surface area contributed by atoms with Gasteiger partial charge in [-0.05, 0) is 68.6 Å². The molecule has 4 aliphatic carbocycles. The zero-order valence-electron chi connectivity index (χ0n) is 10.7. The number of hydrogen-bond acceptors (Lipinski definition) is 2. The molecule has 0 aromatic heterocycles. The van der Waals surface area contributed by atoms with Gasteiger partial charge in [0.15, 0.2) is 0 Å². The molecule has 0 saturated heterocycles. The van der Waals surface area contributed by atoms with Crippen molar-refractivity contribution in [1.82, 2.24) is 5.32 Å². The highest BCUT2D eigenvalue weighted by Crippen LogP contribution is 2.63. The third kappa shape index (κ3) is 1.55. The summed E-state index contributed by atoms with van der Waals surface area (Å²) in [6.45, 7) is 2.73. The van der Waals surface area contributed by atoms with Crippen LogP contribution in [0.1, 0.15) is 45.4 Å². The lowest BCUT2D eigenvalue weighted by Gasteiger charge is -2.62. The molecule has 3 nitrogen and oxygen atoms in total. The van der Waals surface area contributed by atoms with Crippen LogP contribution in [0.25, 0.3) is 0 Å². The maximum atomic E-state index is 10.9.